The molecule has 0 radical (unpaired) electrons. The van der Waals surface area contributed by atoms with Crippen LogP contribution >= 0.6 is 0 Å². The number of nitrogens with one attached hydrogen (secondary N) is 2. The zero-order valence-electron chi connectivity index (χ0n) is 15.7. The average molecular weight is 415 g/mol. The topological polar surface area (TPSA) is 92.7 Å². The summed E-state index contributed by atoms with van der Waals surface area (Å²) < 4.78 is 30.5. The first-order valence-corrected chi connectivity index (χ1v) is 10.7. The van der Waals surface area contributed by atoms with E-state index in [2.05, 4.69) is 19.7 Å². The van der Waals surface area contributed by atoms with Gasteiger partial charge < -0.3 is 4.98 Å². The molecular weight excluding hydrogens is 398 g/mol. The van der Waals surface area contributed by atoms with E-state index in [-0.39, 0.29) is 4.90 Å². The van der Waals surface area contributed by atoms with E-state index in [1.165, 1.54) is 0 Å². The summed E-state index contributed by atoms with van der Waals surface area (Å²) in [6.45, 7) is 0. The Balaban J connectivity index is 1.47. The average Bonchev–Trinajstić information content (AvgIpc) is 3.44. The van der Waals surface area contributed by atoms with Gasteiger partial charge in [-0.05, 0) is 42.5 Å². The van der Waals surface area contributed by atoms with Crippen molar-refractivity contribution in [3.63, 3.8) is 0 Å². The number of benzene rings is 3. The second-order valence-electron chi connectivity index (χ2n) is 6.72. The maximum atomic E-state index is 13.0. The molecule has 8 heteroatoms. The minimum atomic E-state index is -3.77. The molecule has 0 saturated heterocycles. The van der Waals surface area contributed by atoms with Gasteiger partial charge in [-0.15, -0.1) is 0 Å². The van der Waals surface area contributed by atoms with Crippen LogP contribution in [0.25, 0.3) is 28.1 Å². The molecule has 0 aliphatic rings. The summed E-state index contributed by atoms with van der Waals surface area (Å²) in [6.07, 6.45) is 5.05. The van der Waals surface area contributed by atoms with Gasteiger partial charge in [0, 0.05) is 23.6 Å². The fraction of sp³-hybridized carbons (Fsp3) is 0. The first-order valence-electron chi connectivity index (χ1n) is 9.25. The maximum absolute atomic E-state index is 13.0. The first-order chi connectivity index (χ1) is 14.6. The number of aromatic amines is 1. The summed E-state index contributed by atoms with van der Waals surface area (Å²) in [5.41, 5.74) is 3.80. The molecule has 2 heterocycles. The predicted molar refractivity (Wildman–Crippen MR) is 116 cm³/mol. The van der Waals surface area contributed by atoms with Crippen LogP contribution in [0.3, 0.4) is 0 Å². The van der Waals surface area contributed by atoms with Crippen LogP contribution in [-0.2, 0) is 10.0 Å². The molecule has 0 fully saturated rings. The smallest absolute Gasteiger partial charge is 0.261 e. The Bertz CT molecular complexity index is 1440. The monoisotopic (exact) mass is 415 g/mol. The highest BCUT2D eigenvalue weighted by Gasteiger charge is 2.16. The molecule has 7 nitrogen and oxygen atoms in total. The van der Waals surface area contributed by atoms with Crippen LogP contribution in [0.15, 0.2) is 96.4 Å². The molecule has 0 atom stereocenters. The molecular formula is C22H17N5O2S. The third-order valence-corrected chi connectivity index (χ3v) is 6.13. The van der Waals surface area contributed by atoms with E-state index in [1.54, 1.807) is 55.1 Å². The predicted octanol–water partition coefficient (Wildman–Crippen LogP) is 4.22. The number of H-pyrrole nitrogens is 1. The molecule has 2 aromatic heterocycles. The van der Waals surface area contributed by atoms with Crippen LogP contribution < -0.4 is 4.72 Å². The van der Waals surface area contributed by atoms with E-state index >= 15 is 0 Å². The number of fused-ring (bicyclic) bond motifs is 1. The van der Waals surface area contributed by atoms with E-state index in [9.17, 15) is 8.42 Å². The lowest BCUT2D eigenvalue weighted by Crippen LogP contribution is -2.13. The van der Waals surface area contributed by atoms with Gasteiger partial charge in [0.1, 0.15) is 12.2 Å². The third kappa shape index (κ3) is 3.33. The summed E-state index contributed by atoms with van der Waals surface area (Å²) in [5, 5.41) is 0. The van der Waals surface area contributed by atoms with Crippen molar-refractivity contribution in [2.24, 2.45) is 0 Å². The van der Waals surface area contributed by atoms with E-state index in [0.29, 0.717) is 17.1 Å². The summed E-state index contributed by atoms with van der Waals surface area (Å²) in [7, 11) is -3.77. The van der Waals surface area contributed by atoms with Gasteiger partial charge in [0.15, 0.2) is 0 Å². The van der Waals surface area contributed by atoms with Crippen molar-refractivity contribution in [2.75, 3.05) is 4.72 Å². The van der Waals surface area contributed by atoms with Crippen LogP contribution in [0.2, 0.25) is 0 Å². The zero-order valence-corrected chi connectivity index (χ0v) is 16.5. The number of hydrogen-bond acceptors (Lipinski definition) is 4. The molecule has 0 spiro atoms. The Labute approximate surface area is 173 Å². The van der Waals surface area contributed by atoms with Crippen molar-refractivity contribution in [2.45, 2.75) is 4.90 Å². The Morgan fingerprint density at radius 2 is 1.77 bits per heavy atom. The molecule has 5 rings (SSSR count). The normalized spacial score (nSPS) is 11.6. The summed E-state index contributed by atoms with van der Waals surface area (Å²) >= 11 is 0. The standard InChI is InChI=1S/C22H17N5O2S/c28-30(29,19-8-3-5-16(13-19)22-23-11-12-24-22)26-17-6-4-7-18(14-17)27-15-25-20-9-1-2-10-21(20)27/h1-15,26H,(H,23,24). The van der Waals surface area contributed by atoms with E-state index in [0.717, 1.165) is 16.7 Å². The molecule has 0 aliphatic carbocycles. The number of sulfonamides is 1. The lowest BCUT2D eigenvalue weighted by molar-refractivity contribution is 0.601. The van der Waals surface area contributed by atoms with Gasteiger partial charge >= 0.3 is 0 Å². The van der Waals surface area contributed by atoms with Gasteiger partial charge in [0.25, 0.3) is 10.0 Å². The van der Waals surface area contributed by atoms with Crippen molar-refractivity contribution in [1.29, 1.82) is 0 Å². The Kier molecular flexibility index (Phi) is 4.33. The molecule has 0 unspecified atom stereocenters. The maximum Gasteiger partial charge on any atom is 0.261 e. The molecule has 148 valence electrons. The molecule has 0 bridgehead atoms. The highest BCUT2D eigenvalue weighted by atomic mass is 32.2. The molecule has 5 aromatic rings. The summed E-state index contributed by atoms with van der Waals surface area (Å²) in [4.78, 5) is 11.7. The lowest BCUT2D eigenvalue weighted by atomic mass is 10.2. The number of hydrogen-bond donors (Lipinski definition) is 2. The summed E-state index contributed by atoms with van der Waals surface area (Å²) in [5.74, 6) is 0.612. The largest absolute Gasteiger partial charge is 0.345 e. The first kappa shape index (κ1) is 18.1. The molecule has 0 saturated carbocycles. The minimum absolute atomic E-state index is 0.162. The van der Waals surface area contributed by atoms with Crippen LogP contribution in [0.4, 0.5) is 5.69 Å². The number of imidazole rings is 2. The van der Waals surface area contributed by atoms with Crippen LogP contribution in [-0.4, -0.2) is 27.9 Å². The third-order valence-electron chi connectivity index (χ3n) is 4.75. The molecule has 3 aromatic carbocycles. The highest BCUT2D eigenvalue weighted by molar-refractivity contribution is 7.92. The minimum Gasteiger partial charge on any atom is -0.345 e. The van der Waals surface area contributed by atoms with Crippen molar-refractivity contribution in [3.8, 4) is 17.1 Å². The molecule has 2 N–H and O–H groups in total. The molecule has 0 amide bonds. The van der Waals surface area contributed by atoms with Gasteiger partial charge in [0.05, 0.1) is 21.6 Å². The number of anilines is 1. The number of rotatable bonds is 5. The van der Waals surface area contributed by atoms with E-state index in [4.69, 9.17) is 0 Å². The molecule has 0 aliphatic heterocycles. The van der Waals surface area contributed by atoms with E-state index < -0.39 is 10.0 Å². The summed E-state index contributed by atoms with van der Waals surface area (Å²) in [6, 6.07) is 21.6. The van der Waals surface area contributed by atoms with Crippen LogP contribution in [0, 0.1) is 0 Å². The number of nitrogens with zero attached hydrogens (tertiary/aromatic N) is 3. The Morgan fingerprint density at radius 3 is 2.63 bits per heavy atom. The fourth-order valence-corrected chi connectivity index (χ4v) is 4.43. The van der Waals surface area contributed by atoms with Crippen molar-refractivity contribution in [1.82, 2.24) is 19.5 Å². The van der Waals surface area contributed by atoms with Gasteiger partial charge in [-0.1, -0.05) is 30.3 Å². The quantitative estimate of drug-likeness (QED) is 0.450. The van der Waals surface area contributed by atoms with Gasteiger partial charge in [-0.2, -0.15) is 0 Å². The van der Waals surface area contributed by atoms with Crippen molar-refractivity contribution >= 4 is 26.7 Å². The fourth-order valence-electron chi connectivity index (χ4n) is 3.33. The highest BCUT2D eigenvalue weighted by Crippen LogP contribution is 2.24. The van der Waals surface area contributed by atoms with Crippen molar-refractivity contribution in [3.05, 3.63) is 91.5 Å². The second kappa shape index (κ2) is 7.16. The SMILES string of the molecule is O=S(=O)(Nc1cccc(-n2cnc3ccccc32)c1)c1cccc(-c2ncc[nH]2)c1. The van der Waals surface area contributed by atoms with Gasteiger partial charge in [0.2, 0.25) is 0 Å². The number of para-hydroxylation sites is 2. The Morgan fingerprint density at radius 1 is 0.900 bits per heavy atom. The van der Waals surface area contributed by atoms with Crippen LogP contribution in [0.5, 0.6) is 0 Å². The zero-order chi connectivity index (χ0) is 20.6. The molecule has 30 heavy (non-hydrogen) atoms. The second-order valence-corrected chi connectivity index (χ2v) is 8.41. The lowest BCUT2D eigenvalue weighted by Gasteiger charge is -2.11. The number of aromatic nitrogens is 4. The van der Waals surface area contributed by atoms with E-state index in [1.807, 2.05) is 41.0 Å². The Hall–Kier alpha value is -3.91. The van der Waals surface area contributed by atoms with Crippen LogP contribution in [0.1, 0.15) is 0 Å². The van der Waals surface area contributed by atoms with Gasteiger partial charge in [-0.25, -0.2) is 18.4 Å². The van der Waals surface area contributed by atoms with Gasteiger partial charge in [-0.3, -0.25) is 9.29 Å². The van der Waals surface area contributed by atoms with Crippen molar-refractivity contribution < 1.29 is 8.42 Å².